The van der Waals surface area contributed by atoms with Crippen molar-refractivity contribution in [1.82, 2.24) is 14.5 Å². The molecule has 1 saturated heterocycles. The number of piperazine rings is 1. The summed E-state index contributed by atoms with van der Waals surface area (Å²) >= 11 is 13.5. The fraction of sp³-hybridized carbons (Fsp3) is 0.222. The molecule has 3 heterocycles. The van der Waals surface area contributed by atoms with Gasteiger partial charge in [-0.15, -0.1) is 21.5 Å². The maximum atomic E-state index is 12.8. The Morgan fingerprint density at radius 3 is 2.32 bits per heavy atom. The molecule has 0 atom stereocenters. The summed E-state index contributed by atoms with van der Waals surface area (Å²) < 4.78 is 27.2. The van der Waals surface area contributed by atoms with E-state index in [0.717, 1.165) is 16.4 Å². The molecule has 0 saturated carbocycles. The summed E-state index contributed by atoms with van der Waals surface area (Å²) in [5.41, 5.74) is 0.833. The minimum absolute atomic E-state index is 0.149. The van der Waals surface area contributed by atoms with Gasteiger partial charge >= 0.3 is 0 Å². The number of aromatic nitrogens is 2. The Morgan fingerprint density at radius 2 is 1.71 bits per heavy atom. The number of thiophene rings is 1. The number of hydrogen-bond acceptors (Lipinski definition) is 6. The number of benzene rings is 1. The van der Waals surface area contributed by atoms with Crippen LogP contribution in [0.25, 0.3) is 10.6 Å². The molecule has 146 valence electrons. The lowest BCUT2D eigenvalue weighted by Gasteiger charge is -2.34. The molecule has 1 aromatic carbocycles. The number of nitrogens with zero attached hydrogens (tertiary/aromatic N) is 4. The quantitative estimate of drug-likeness (QED) is 0.595. The van der Waals surface area contributed by atoms with Crippen LogP contribution in [0.5, 0.6) is 0 Å². The van der Waals surface area contributed by atoms with E-state index in [1.54, 1.807) is 11.3 Å². The van der Waals surface area contributed by atoms with Crippen molar-refractivity contribution in [3.8, 4) is 10.6 Å². The van der Waals surface area contributed by atoms with Crippen LogP contribution in [-0.2, 0) is 10.0 Å². The summed E-state index contributed by atoms with van der Waals surface area (Å²) in [5.74, 6) is 0.742. The van der Waals surface area contributed by atoms with E-state index in [2.05, 4.69) is 10.2 Å². The SMILES string of the molecule is O=S(=O)(c1ccc(Cl)c(Cl)c1)N1CCN(c2ccc(-c3cccs3)nn2)CC1. The van der Waals surface area contributed by atoms with Crippen molar-refractivity contribution < 1.29 is 8.42 Å². The van der Waals surface area contributed by atoms with Gasteiger partial charge in [0.05, 0.1) is 19.8 Å². The van der Waals surface area contributed by atoms with E-state index in [1.807, 2.05) is 34.5 Å². The predicted octanol–water partition coefficient (Wildman–Crippen LogP) is 4.02. The molecule has 4 rings (SSSR count). The van der Waals surface area contributed by atoms with Crippen molar-refractivity contribution in [2.45, 2.75) is 4.90 Å². The molecule has 0 radical (unpaired) electrons. The molecule has 1 fully saturated rings. The molecule has 0 unspecified atom stereocenters. The number of halogens is 2. The molecule has 0 N–H and O–H groups in total. The number of anilines is 1. The van der Waals surface area contributed by atoms with Gasteiger partial charge in [0.25, 0.3) is 0 Å². The van der Waals surface area contributed by atoms with Gasteiger partial charge in [0.1, 0.15) is 5.69 Å². The van der Waals surface area contributed by atoms with E-state index >= 15 is 0 Å². The van der Waals surface area contributed by atoms with Crippen LogP contribution in [0.2, 0.25) is 10.0 Å². The molecule has 0 amide bonds. The Kier molecular flexibility index (Phi) is 5.57. The molecular weight excluding hydrogens is 439 g/mol. The van der Waals surface area contributed by atoms with Crippen molar-refractivity contribution in [2.24, 2.45) is 0 Å². The second-order valence-electron chi connectivity index (χ2n) is 6.22. The number of hydrogen-bond donors (Lipinski definition) is 0. The largest absolute Gasteiger partial charge is 0.352 e. The average Bonchev–Trinajstić information content (AvgIpc) is 3.25. The molecule has 10 heteroatoms. The predicted molar refractivity (Wildman–Crippen MR) is 113 cm³/mol. The zero-order chi connectivity index (χ0) is 19.7. The van der Waals surface area contributed by atoms with Crippen molar-refractivity contribution >= 4 is 50.4 Å². The Morgan fingerprint density at radius 1 is 0.929 bits per heavy atom. The second kappa shape index (κ2) is 7.96. The van der Waals surface area contributed by atoms with Crippen molar-refractivity contribution in [2.75, 3.05) is 31.1 Å². The standard InChI is InChI=1S/C18H16Cl2N4O2S2/c19-14-4-3-13(12-15(14)20)28(25,26)24-9-7-23(8-10-24)18-6-5-16(21-22-18)17-2-1-11-27-17/h1-6,11-12H,7-10H2. The molecule has 1 aliphatic heterocycles. The molecule has 1 aliphatic rings. The van der Waals surface area contributed by atoms with Gasteiger partial charge in [-0.1, -0.05) is 29.3 Å². The van der Waals surface area contributed by atoms with Crippen LogP contribution in [-0.4, -0.2) is 49.1 Å². The summed E-state index contributed by atoms with van der Waals surface area (Å²) in [4.78, 5) is 3.25. The van der Waals surface area contributed by atoms with Gasteiger partial charge in [-0.2, -0.15) is 4.31 Å². The number of sulfonamides is 1. The Hall–Kier alpha value is -1.71. The van der Waals surface area contributed by atoms with Gasteiger partial charge in [-0.25, -0.2) is 8.42 Å². The molecule has 2 aromatic heterocycles. The van der Waals surface area contributed by atoms with Crippen molar-refractivity contribution in [3.05, 3.63) is 57.9 Å². The molecule has 28 heavy (non-hydrogen) atoms. The first-order chi connectivity index (χ1) is 13.4. The van der Waals surface area contributed by atoms with E-state index in [-0.39, 0.29) is 9.92 Å². The fourth-order valence-corrected chi connectivity index (χ4v) is 5.50. The van der Waals surface area contributed by atoms with Crippen LogP contribution in [0.3, 0.4) is 0 Å². The van der Waals surface area contributed by atoms with Crippen LogP contribution in [0.4, 0.5) is 5.82 Å². The van der Waals surface area contributed by atoms with Gasteiger partial charge in [-0.05, 0) is 41.8 Å². The highest BCUT2D eigenvalue weighted by Gasteiger charge is 2.29. The topological polar surface area (TPSA) is 66.4 Å². The monoisotopic (exact) mass is 454 g/mol. The second-order valence-corrected chi connectivity index (χ2v) is 9.92. The van der Waals surface area contributed by atoms with E-state index in [4.69, 9.17) is 23.2 Å². The highest BCUT2D eigenvalue weighted by molar-refractivity contribution is 7.89. The molecule has 6 nitrogen and oxygen atoms in total. The lowest BCUT2D eigenvalue weighted by atomic mass is 10.3. The van der Waals surface area contributed by atoms with Crippen LogP contribution in [0.15, 0.2) is 52.7 Å². The van der Waals surface area contributed by atoms with Crippen LogP contribution >= 0.6 is 34.5 Å². The first-order valence-corrected chi connectivity index (χ1v) is 11.6. The van der Waals surface area contributed by atoms with Gasteiger partial charge in [0.15, 0.2) is 5.82 Å². The lowest BCUT2D eigenvalue weighted by molar-refractivity contribution is 0.383. The normalized spacial score (nSPS) is 15.7. The Labute approximate surface area is 177 Å². The van der Waals surface area contributed by atoms with Gasteiger partial charge in [0, 0.05) is 26.2 Å². The minimum Gasteiger partial charge on any atom is -0.352 e. The highest BCUT2D eigenvalue weighted by atomic mass is 35.5. The van der Waals surface area contributed by atoms with E-state index in [9.17, 15) is 8.42 Å². The zero-order valence-corrected chi connectivity index (χ0v) is 17.8. The van der Waals surface area contributed by atoms with Crippen LogP contribution in [0.1, 0.15) is 0 Å². The molecule has 3 aromatic rings. The van der Waals surface area contributed by atoms with E-state index in [0.29, 0.717) is 31.2 Å². The van der Waals surface area contributed by atoms with Crippen LogP contribution in [0, 0.1) is 0 Å². The smallest absolute Gasteiger partial charge is 0.243 e. The lowest BCUT2D eigenvalue weighted by Crippen LogP contribution is -2.49. The summed E-state index contributed by atoms with van der Waals surface area (Å²) in [6.07, 6.45) is 0. The van der Waals surface area contributed by atoms with Gasteiger partial charge in [0.2, 0.25) is 10.0 Å². The third-order valence-corrected chi connectivity index (χ3v) is 8.04. The summed E-state index contributed by atoms with van der Waals surface area (Å²) in [6, 6.07) is 12.2. The molecular formula is C18H16Cl2N4O2S2. The fourth-order valence-electron chi connectivity index (χ4n) is 2.99. The molecule has 0 aliphatic carbocycles. The Bertz CT molecular complexity index is 1070. The van der Waals surface area contributed by atoms with E-state index < -0.39 is 10.0 Å². The zero-order valence-electron chi connectivity index (χ0n) is 14.6. The third kappa shape index (κ3) is 3.88. The minimum atomic E-state index is -3.61. The average molecular weight is 455 g/mol. The maximum absolute atomic E-state index is 12.8. The van der Waals surface area contributed by atoms with Crippen LogP contribution < -0.4 is 4.90 Å². The number of rotatable bonds is 4. The highest BCUT2D eigenvalue weighted by Crippen LogP contribution is 2.28. The first-order valence-electron chi connectivity index (χ1n) is 8.53. The van der Waals surface area contributed by atoms with Crippen molar-refractivity contribution in [3.63, 3.8) is 0 Å². The summed E-state index contributed by atoms with van der Waals surface area (Å²) in [7, 11) is -3.61. The summed E-state index contributed by atoms with van der Waals surface area (Å²) in [5, 5.41) is 11.1. The molecule has 0 spiro atoms. The van der Waals surface area contributed by atoms with E-state index in [1.165, 1.54) is 22.5 Å². The molecule has 0 bridgehead atoms. The third-order valence-electron chi connectivity index (χ3n) is 4.52. The van der Waals surface area contributed by atoms with Gasteiger partial charge in [-0.3, -0.25) is 0 Å². The Balaban J connectivity index is 1.44. The van der Waals surface area contributed by atoms with Gasteiger partial charge < -0.3 is 4.90 Å². The van der Waals surface area contributed by atoms with Crippen molar-refractivity contribution in [1.29, 1.82) is 0 Å². The first kappa shape index (κ1) is 19.6. The summed E-state index contributed by atoms with van der Waals surface area (Å²) in [6.45, 7) is 1.79. The maximum Gasteiger partial charge on any atom is 0.243 e.